The van der Waals surface area contributed by atoms with Crippen LogP contribution in [0.2, 0.25) is 0 Å². The molecule has 1 fully saturated rings. The fourth-order valence-corrected chi connectivity index (χ4v) is 5.79. The molecular weight excluding hydrogens is 398 g/mol. The van der Waals surface area contributed by atoms with Gasteiger partial charge in [-0.3, -0.25) is 9.59 Å². The quantitative estimate of drug-likeness (QED) is 0.775. The molecule has 1 aliphatic rings. The monoisotopic (exact) mass is 421 g/mol. The van der Waals surface area contributed by atoms with Gasteiger partial charge in [-0.1, -0.05) is 12.1 Å². The SMILES string of the molecule is CNC(=O)c1ccc(C)c(NC(=O)C2CCN(S(=O)(=O)c3cccs3)CC2)c1. The third kappa shape index (κ3) is 4.26. The summed E-state index contributed by atoms with van der Waals surface area (Å²) in [7, 11) is -1.92. The van der Waals surface area contributed by atoms with Crippen LogP contribution < -0.4 is 10.6 Å². The summed E-state index contributed by atoms with van der Waals surface area (Å²) in [5.74, 6) is -0.634. The molecule has 0 unspecified atom stereocenters. The highest BCUT2D eigenvalue weighted by Gasteiger charge is 2.32. The zero-order valence-electron chi connectivity index (χ0n) is 15.8. The van der Waals surface area contributed by atoms with E-state index in [1.54, 1.807) is 42.8 Å². The molecule has 1 aliphatic heterocycles. The van der Waals surface area contributed by atoms with E-state index in [0.29, 0.717) is 41.4 Å². The smallest absolute Gasteiger partial charge is 0.252 e. The van der Waals surface area contributed by atoms with E-state index in [1.165, 1.54) is 15.6 Å². The second-order valence-corrected chi connectivity index (χ2v) is 9.82. The Bertz CT molecular complexity index is 963. The van der Waals surface area contributed by atoms with Crippen LogP contribution >= 0.6 is 11.3 Å². The summed E-state index contributed by atoms with van der Waals surface area (Å²) >= 11 is 1.20. The Morgan fingerprint density at radius 3 is 2.50 bits per heavy atom. The van der Waals surface area contributed by atoms with Gasteiger partial charge in [-0.2, -0.15) is 4.31 Å². The van der Waals surface area contributed by atoms with Crippen molar-refractivity contribution in [2.75, 3.05) is 25.5 Å². The summed E-state index contributed by atoms with van der Waals surface area (Å²) in [6, 6.07) is 8.46. The van der Waals surface area contributed by atoms with Gasteiger partial charge >= 0.3 is 0 Å². The van der Waals surface area contributed by atoms with Gasteiger partial charge in [0, 0.05) is 37.3 Å². The van der Waals surface area contributed by atoms with E-state index >= 15 is 0 Å². The van der Waals surface area contributed by atoms with Crippen LogP contribution in [0.5, 0.6) is 0 Å². The summed E-state index contributed by atoms with van der Waals surface area (Å²) in [5.41, 5.74) is 1.93. The molecule has 2 amide bonds. The molecule has 1 aromatic carbocycles. The number of sulfonamides is 1. The predicted molar refractivity (Wildman–Crippen MR) is 109 cm³/mol. The van der Waals surface area contributed by atoms with Crippen LogP contribution in [0.25, 0.3) is 0 Å². The van der Waals surface area contributed by atoms with Crippen molar-refractivity contribution in [3.63, 3.8) is 0 Å². The van der Waals surface area contributed by atoms with Crippen LogP contribution in [-0.4, -0.2) is 44.7 Å². The molecule has 28 heavy (non-hydrogen) atoms. The number of piperidine rings is 1. The van der Waals surface area contributed by atoms with Gasteiger partial charge in [0.2, 0.25) is 5.91 Å². The molecule has 9 heteroatoms. The molecule has 3 rings (SSSR count). The Kier molecular flexibility index (Phi) is 6.17. The molecule has 0 bridgehead atoms. The third-order valence-corrected chi connectivity index (χ3v) is 8.17. The number of carbonyl (C=O) groups is 2. The van der Waals surface area contributed by atoms with Gasteiger partial charge in [0.05, 0.1) is 0 Å². The number of rotatable bonds is 5. The molecule has 0 saturated carbocycles. The molecule has 0 atom stereocenters. The molecular formula is C19H23N3O4S2. The van der Waals surface area contributed by atoms with Crippen molar-refractivity contribution in [3.05, 3.63) is 46.8 Å². The molecule has 150 valence electrons. The minimum atomic E-state index is -3.48. The van der Waals surface area contributed by atoms with Gasteiger partial charge in [0.1, 0.15) is 4.21 Å². The lowest BCUT2D eigenvalue weighted by molar-refractivity contribution is -0.120. The summed E-state index contributed by atoms with van der Waals surface area (Å²) in [4.78, 5) is 24.5. The molecule has 2 aromatic rings. The maximum absolute atomic E-state index is 12.7. The van der Waals surface area contributed by atoms with E-state index in [0.717, 1.165) is 5.56 Å². The lowest BCUT2D eigenvalue weighted by atomic mass is 9.97. The first-order chi connectivity index (χ1) is 13.3. The van der Waals surface area contributed by atoms with Crippen molar-refractivity contribution in [1.29, 1.82) is 0 Å². The van der Waals surface area contributed by atoms with Gasteiger partial charge in [0.25, 0.3) is 15.9 Å². The standard InChI is InChI=1S/C19H23N3O4S2/c1-13-5-6-15(18(23)20-2)12-16(13)21-19(24)14-7-9-22(10-8-14)28(25,26)17-4-3-11-27-17/h3-6,11-12,14H,7-10H2,1-2H3,(H,20,23)(H,21,24). The van der Waals surface area contributed by atoms with E-state index in [4.69, 9.17) is 0 Å². The molecule has 2 N–H and O–H groups in total. The molecule has 0 spiro atoms. The van der Waals surface area contributed by atoms with Crippen LogP contribution in [0.15, 0.2) is 39.9 Å². The van der Waals surface area contributed by atoms with Gasteiger partial charge in [-0.15, -0.1) is 11.3 Å². The van der Waals surface area contributed by atoms with Crippen molar-refractivity contribution in [2.24, 2.45) is 5.92 Å². The number of aryl methyl sites for hydroxylation is 1. The molecule has 1 saturated heterocycles. The largest absolute Gasteiger partial charge is 0.355 e. The summed E-state index contributed by atoms with van der Waals surface area (Å²) < 4.78 is 27.0. The van der Waals surface area contributed by atoms with Crippen molar-refractivity contribution in [3.8, 4) is 0 Å². The number of hydrogen-bond acceptors (Lipinski definition) is 5. The van der Waals surface area contributed by atoms with E-state index in [2.05, 4.69) is 10.6 Å². The van der Waals surface area contributed by atoms with Crippen molar-refractivity contribution < 1.29 is 18.0 Å². The number of anilines is 1. The van der Waals surface area contributed by atoms with Crippen LogP contribution in [0.3, 0.4) is 0 Å². The zero-order chi connectivity index (χ0) is 20.3. The van der Waals surface area contributed by atoms with Gasteiger partial charge in [-0.05, 0) is 48.9 Å². The molecule has 7 nitrogen and oxygen atoms in total. The normalized spacial score (nSPS) is 15.9. The number of benzene rings is 1. The van der Waals surface area contributed by atoms with E-state index in [9.17, 15) is 18.0 Å². The first kappa shape index (κ1) is 20.5. The number of amides is 2. The fraction of sp³-hybridized carbons (Fsp3) is 0.368. The summed E-state index contributed by atoms with van der Waals surface area (Å²) in [6.45, 7) is 2.49. The highest BCUT2D eigenvalue weighted by molar-refractivity contribution is 7.91. The van der Waals surface area contributed by atoms with Crippen LogP contribution in [0.4, 0.5) is 5.69 Å². The van der Waals surface area contributed by atoms with Crippen molar-refractivity contribution in [2.45, 2.75) is 24.0 Å². The van der Waals surface area contributed by atoms with E-state index in [-0.39, 0.29) is 17.7 Å². The van der Waals surface area contributed by atoms with Crippen molar-refractivity contribution >= 4 is 38.9 Å². The molecule has 1 aromatic heterocycles. The third-order valence-electron chi connectivity index (χ3n) is 4.90. The van der Waals surface area contributed by atoms with Gasteiger partial charge in [0.15, 0.2) is 0 Å². The Labute approximate surface area is 168 Å². The van der Waals surface area contributed by atoms with Crippen LogP contribution in [0, 0.1) is 12.8 Å². The minimum Gasteiger partial charge on any atom is -0.355 e. The van der Waals surface area contributed by atoms with Crippen molar-refractivity contribution in [1.82, 2.24) is 9.62 Å². The highest BCUT2D eigenvalue weighted by Crippen LogP contribution is 2.27. The fourth-order valence-electron chi connectivity index (χ4n) is 3.17. The van der Waals surface area contributed by atoms with Crippen LogP contribution in [-0.2, 0) is 14.8 Å². The summed E-state index contributed by atoms with van der Waals surface area (Å²) in [5, 5.41) is 7.20. The Balaban J connectivity index is 1.64. The van der Waals surface area contributed by atoms with Gasteiger partial charge < -0.3 is 10.6 Å². The van der Waals surface area contributed by atoms with Gasteiger partial charge in [-0.25, -0.2) is 8.42 Å². The van der Waals surface area contributed by atoms with E-state index < -0.39 is 10.0 Å². The maximum atomic E-state index is 12.7. The second-order valence-electron chi connectivity index (χ2n) is 6.71. The molecule has 0 aliphatic carbocycles. The van der Waals surface area contributed by atoms with E-state index in [1.807, 2.05) is 6.92 Å². The molecule has 0 radical (unpaired) electrons. The second kappa shape index (κ2) is 8.42. The summed E-state index contributed by atoms with van der Waals surface area (Å²) in [6.07, 6.45) is 0.926. The Hall–Kier alpha value is -2.23. The lowest BCUT2D eigenvalue weighted by Crippen LogP contribution is -2.41. The lowest BCUT2D eigenvalue weighted by Gasteiger charge is -2.30. The predicted octanol–water partition coefficient (Wildman–Crippen LogP) is 2.46. The zero-order valence-corrected chi connectivity index (χ0v) is 17.4. The number of carbonyl (C=O) groups excluding carboxylic acids is 2. The first-order valence-corrected chi connectivity index (χ1v) is 11.3. The highest BCUT2D eigenvalue weighted by atomic mass is 32.2. The van der Waals surface area contributed by atoms with Crippen LogP contribution in [0.1, 0.15) is 28.8 Å². The average molecular weight is 422 g/mol. The first-order valence-electron chi connectivity index (χ1n) is 9.00. The Morgan fingerprint density at radius 1 is 1.18 bits per heavy atom. The Morgan fingerprint density at radius 2 is 1.89 bits per heavy atom. The number of hydrogen-bond donors (Lipinski definition) is 2. The number of nitrogens with zero attached hydrogens (tertiary/aromatic N) is 1. The number of nitrogens with one attached hydrogen (secondary N) is 2. The topological polar surface area (TPSA) is 95.6 Å². The molecule has 2 heterocycles. The number of thiophene rings is 1. The maximum Gasteiger partial charge on any atom is 0.252 e. The average Bonchev–Trinajstić information content (AvgIpc) is 3.25. The minimum absolute atomic E-state index is 0.148.